The van der Waals surface area contributed by atoms with Crippen molar-refractivity contribution < 1.29 is 9.53 Å². The molecule has 0 atom stereocenters. The molecule has 0 saturated carbocycles. The van der Waals surface area contributed by atoms with Crippen LogP contribution in [-0.4, -0.2) is 17.8 Å². The highest BCUT2D eigenvalue weighted by molar-refractivity contribution is 9.09. The van der Waals surface area contributed by atoms with E-state index in [-0.39, 0.29) is 11.3 Å². The fraction of sp³-hybridized carbons (Fsp3) is 0.500. The van der Waals surface area contributed by atoms with Crippen LogP contribution < -0.4 is 10.1 Å². The van der Waals surface area contributed by atoms with Crippen molar-refractivity contribution in [3.8, 4) is 5.75 Å². The molecule has 1 aliphatic heterocycles. The van der Waals surface area contributed by atoms with Crippen molar-refractivity contribution in [3.63, 3.8) is 0 Å². The van der Waals surface area contributed by atoms with E-state index in [1.54, 1.807) is 0 Å². The van der Waals surface area contributed by atoms with E-state index >= 15 is 0 Å². The molecule has 3 nitrogen and oxygen atoms in total. The van der Waals surface area contributed by atoms with Crippen molar-refractivity contribution >= 4 is 27.5 Å². The highest BCUT2D eigenvalue weighted by Crippen LogP contribution is 2.28. The summed E-state index contributed by atoms with van der Waals surface area (Å²) in [6.45, 7) is 4.93. The molecule has 0 radical (unpaired) electrons. The monoisotopic (exact) mass is 311 g/mol. The van der Waals surface area contributed by atoms with Crippen molar-refractivity contribution in [1.82, 2.24) is 0 Å². The van der Waals surface area contributed by atoms with Crippen LogP contribution in [-0.2, 0) is 11.2 Å². The number of ether oxygens (including phenoxy) is 1. The predicted octanol–water partition coefficient (Wildman–Crippen LogP) is 3.37. The zero-order chi connectivity index (χ0) is 13.2. The number of alkyl halides is 1. The second-order valence-electron chi connectivity index (χ2n) is 5.45. The van der Waals surface area contributed by atoms with Crippen LogP contribution in [0.1, 0.15) is 25.8 Å². The van der Waals surface area contributed by atoms with Crippen LogP contribution in [0.25, 0.3) is 0 Å². The SMILES string of the molecule is CC(C)(CBr)COc1ccc2c(c1)NC(=O)CC2. The Morgan fingerprint density at radius 2 is 2.17 bits per heavy atom. The summed E-state index contributed by atoms with van der Waals surface area (Å²) in [5, 5.41) is 3.77. The summed E-state index contributed by atoms with van der Waals surface area (Å²) in [6, 6.07) is 5.92. The van der Waals surface area contributed by atoms with Gasteiger partial charge in [-0.05, 0) is 18.1 Å². The lowest BCUT2D eigenvalue weighted by Gasteiger charge is -2.23. The first kappa shape index (κ1) is 13.4. The van der Waals surface area contributed by atoms with E-state index in [1.165, 1.54) is 5.56 Å². The van der Waals surface area contributed by atoms with Gasteiger partial charge in [0.25, 0.3) is 0 Å². The van der Waals surface area contributed by atoms with E-state index in [1.807, 2.05) is 18.2 Å². The number of anilines is 1. The molecule has 0 fully saturated rings. The van der Waals surface area contributed by atoms with E-state index in [9.17, 15) is 4.79 Å². The molecule has 0 aromatic heterocycles. The number of nitrogens with one attached hydrogen (secondary N) is 1. The molecule has 0 spiro atoms. The lowest BCUT2D eigenvalue weighted by molar-refractivity contribution is -0.116. The fourth-order valence-corrected chi connectivity index (χ4v) is 1.92. The zero-order valence-electron chi connectivity index (χ0n) is 10.8. The van der Waals surface area contributed by atoms with Gasteiger partial charge in [-0.15, -0.1) is 0 Å². The van der Waals surface area contributed by atoms with Gasteiger partial charge in [-0.25, -0.2) is 0 Å². The molecular weight excluding hydrogens is 294 g/mol. The minimum absolute atomic E-state index is 0.0837. The van der Waals surface area contributed by atoms with Crippen molar-refractivity contribution in [1.29, 1.82) is 0 Å². The number of benzene rings is 1. The number of hydrogen-bond acceptors (Lipinski definition) is 2. The number of amides is 1. The van der Waals surface area contributed by atoms with E-state index in [2.05, 4.69) is 35.1 Å². The lowest BCUT2D eigenvalue weighted by atomic mass is 9.98. The van der Waals surface area contributed by atoms with Gasteiger partial charge in [0.2, 0.25) is 5.91 Å². The van der Waals surface area contributed by atoms with Crippen LogP contribution in [0, 0.1) is 5.41 Å². The largest absolute Gasteiger partial charge is 0.493 e. The molecule has 18 heavy (non-hydrogen) atoms. The standard InChI is InChI=1S/C14H18BrNO2/c1-14(2,8-15)9-18-11-5-3-10-4-6-13(17)16-12(10)7-11/h3,5,7H,4,6,8-9H2,1-2H3,(H,16,17). The van der Waals surface area contributed by atoms with Crippen LogP contribution in [0.4, 0.5) is 5.69 Å². The van der Waals surface area contributed by atoms with E-state index in [0.29, 0.717) is 13.0 Å². The van der Waals surface area contributed by atoms with Crippen molar-refractivity contribution in [2.75, 3.05) is 17.3 Å². The van der Waals surface area contributed by atoms with Gasteiger partial charge in [0.1, 0.15) is 5.75 Å². The molecule has 1 heterocycles. The molecular formula is C14H18BrNO2. The van der Waals surface area contributed by atoms with Crippen molar-refractivity contribution in [3.05, 3.63) is 23.8 Å². The molecule has 4 heteroatoms. The lowest BCUT2D eigenvalue weighted by Crippen LogP contribution is -2.23. The number of fused-ring (bicyclic) bond motifs is 1. The molecule has 0 saturated heterocycles. The first-order valence-corrected chi connectivity index (χ1v) is 7.24. The maximum atomic E-state index is 11.3. The third-order valence-corrected chi connectivity index (χ3v) is 4.49. The Labute approximate surface area is 116 Å². The van der Waals surface area contributed by atoms with Gasteiger partial charge in [0, 0.05) is 28.9 Å². The first-order valence-electron chi connectivity index (χ1n) is 6.12. The number of rotatable bonds is 4. The minimum atomic E-state index is 0.0837. The molecule has 0 aliphatic carbocycles. The molecule has 2 rings (SSSR count). The first-order chi connectivity index (χ1) is 8.50. The van der Waals surface area contributed by atoms with Gasteiger partial charge in [0.15, 0.2) is 0 Å². The summed E-state index contributed by atoms with van der Waals surface area (Å²) < 4.78 is 5.78. The second-order valence-corrected chi connectivity index (χ2v) is 6.01. The number of carbonyl (C=O) groups is 1. The van der Waals surface area contributed by atoms with Gasteiger partial charge in [-0.2, -0.15) is 0 Å². The smallest absolute Gasteiger partial charge is 0.224 e. The van der Waals surface area contributed by atoms with Crippen LogP contribution in [0.5, 0.6) is 5.75 Å². The Bertz CT molecular complexity index is 457. The Morgan fingerprint density at radius 1 is 1.39 bits per heavy atom. The quantitative estimate of drug-likeness (QED) is 0.866. The Kier molecular flexibility index (Phi) is 3.95. The van der Waals surface area contributed by atoms with Crippen LogP contribution >= 0.6 is 15.9 Å². The summed E-state index contributed by atoms with van der Waals surface area (Å²) in [5.41, 5.74) is 2.17. The van der Waals surface area contributed by atoms with E-state index in [0.717, 1.165) is 23.2 Å². The van der Waals surface area contributed by atoms with E-state index < -0.39 is 0 Å². The Balaban J connectivity index is 2.07. The van der Waals surface area contributed by atoms with Gasteiger partial charge >= 0.3 is 0 Å². The third kappa shape index (κ3) is 3.25. The zero-order valence-corrected chi connectivity index (χ0v) is 12.3. The maximum absolute atomic E-state index is 11.3. The number of aryl methyl sites for hydroxylation is 1. The molecule has 1 N–H and O–H groups in total. The predicted molar refractivity (Wildman–Crippen MR) is 76.5 cm³/mol. The summed E-state index contributed by atoms with van der Waals surface area (Å²) >= 11 is 3.48. The molecule has 0 bridgehead atoms. The highest BCUT2D eigenvalue weighted by Gasteiger charge is 2.18. The van der Waals surface area contributed by atoms with Crippen molar-refractivity contribution in [2.45, 2.75) is 26.7 Å². The Hall–Kier alpha value is -1.03. The van der Waals surface area contributed by atoms with Crippen LogP contribution in [0.2, 0.25) is 0 Å². The van der Waals surface area contributed by atoms with Crippen LogP contribution in [0.15, 0.2) is 18.2 Å². The van der Waals surface area contributed by atoms with Gasteiger partial charge in [-0.3, -0.25) is 4.79 Å². The molecule has 98 valence electrons. The average Bonchev–Trinajstić information content (AvgIpc) is 2.36. The maximum Gasteiger partial charge on any atom is 0.224 e. The molecule has 1 aromatic rings. The van der Waals surface area contributed by atoms with Crippen molar-refractivity contribution in [2.24, 2.45) is 5.41 Å². The van der Waals surface area contributed by atoms with Gasteiger partial charge in [0.05, 0.1) is 6.61 Å². The topological polar surface area (TPSA) is 38.3 Å². The molecule has 1 aliphatic rings. The molecule has 1 aromatic carbocycles. The summed E-state index contributed by atoms with van der Waals surface area (Å²) in [6.07, 6.45) is 1.39. The summed E-state index contributed by atoms with van der Waals surface area (Å²) in [7, 11) is 0. The third-order valence-electron chi connectivity index (χ3n) is 2.97. The average molecular weight is 312 g/mol. The summed E-state index contributed by atoms with van der Waals surface area (Å²) in [4.78, 5) is 11.3. The second kappa shape index (κ2) is 5.31. The van der Waals surface area contributed by atoms with Crippen LogP contribution in [0.3, 0.4) is 0 Å². The Morgan fingerprint density at radius 3 is 2.89 bits per heavy atom. The number of hydrogen-bond donors (Lipinski definition) is 1. The number of carbonyl (C=O) groups excluding carboxylic acids is 1. The molecule has 0 unspecified atom stereocenters. The normalized spacial score (nSPS) is 14.9. The summed E-state index contributed by atoms with van der Waals surface area (Å²) in [5.74, 6) is 0.894. The molecule has 1 amide bonds. The van der Waals surface area contributed by atoms with Gasteiger partial charge < -0.3 is 10.1 Å². The van der Waals surface area contributed by atoms with E-state index in [4.69, 9.17) is 4.74 Å². The fourth-order valence-electron chi connectivity index (χ4n) is 1.76. The highest BCUT2D eigenvalue weighted by atomic mass is 79.9. The van der Waals surface area contributed by atoms with Gasteiger partial charge in [-0.1, -0.05) is 35.8 Å². The minimum Gasteiger partial charge on any atom is -0.493 e. The number of halogens is 1.